The number of aromatic nitrogens is 3. The zero-order valence-electron chi connectivity index (χ0n) is 17.0. The fourth-order valence-corrected chi connectivity index (χ4v) is 4.25. The van der Waals surface area contributed by atoms with Crippen LogP contribution in [0.4, 0.5) is 18.9 Å². The van der Waals surface area contributed by atoms with Gasteiger partial charge in [-0.1, -0.05) is 36.0 Å². The monoisotopic (exact) mass is 444 g/mol. The van der Waals surface area contributed by atoms with E-state index in [1.165, 1.54) is 18.2 Å². The number of nitrogens with zero attached hydrogens (tertiary/aromatic N) is 3. The second-order valence-corrected chi connectivity index (χ2v) is 8.24. The lowest BCUT2D eigenvalue weighted by Crippen LogP contribution is -2.18. The lowest BCUT2D eigenvalue weighted by molar-refractivity contribution is -0.137. The van der Waals surface area contributed by atoms with Gasteiger partial charge in [0.05, 0.1) is 22.5 Å². The first-order chi connectivity index (χ1) is 14.7. The summed E-state index contributed by atoms with van der Waals surface area (Å²) in [5.74, 6) is -0.656. The molecular weight excluding hydrogens is 425 g/mol. The van der Waals surface area contributed by atoms with Crippen LogP contribution >= 0.6 is 11.8 Å². The molecular formula is C22H19F3N4OS. The molecule has 0 saturated carbocycles. The van der Waals surface area contributed by atoms with Gasteiger partial charge in [0.25, 0.3) is 0 Å². The van der Waals surface area contributed by atoms with Gasteiger partial charge in [0.2, 0.25) is 5.91 Å². The number of para-hydroxylation sites is 1. The molecule has 5 nitrogen and oxygen atoms in total. The third kappa shape index (κ3) is 3.97. The van der Waals surface area contributed by atoms with E-state index in [1.807, 2.05) is 43.4 Å². The highest BCUT2D eigenvalue weighted by Gasteiger charge is 2.33. The Morgan fingerprint density at radius 3 is 2.55 bits per heavy atom. The van der Waals surface area contributed by atoms with Crippen molar-refractivity contribution < 1.29 is 18.0 Å². The van der Waals surface area contributed by atoms with Crippen molar-refractivity contribution in [2.75, 3.05) is 11.1 Å². The molecule has 1 amide bonds. The molecule has 160 valence electrons. The Morgan fingerprint density at radius 1 is 1.06 bits per heavy atom. The number of rotatable bonds is 4. The number of anilines is 1. The highest BCUT2D eigenvalue weighted by atomic mass is 32.2. The SMILES string of the molecule is Cc1ccc2cc(C)c3nnc(SCC(=O)Nc4ccccc4C(F)(F)F)n3c2c1C. The predicted molar refractivity (Wildman–Crippen MR) is 116 cm³/mol. The minimum absolute atomic E-state index is 0.104. The lowest BCUT2D eigenvalue weighted by atomic mass is 10.0. The number of alkyl halides is 3. The first kappa shape index (κ1) is 21.2. The van der Waals surface area contributed by atoms with Crippen molar-refractivity contribution in [2.45, 2.75) is 32.1 Å². The van der Waals surface area contributed by atoms with Gasteiger partial charge in [-0.05, 0) is 61.0 Å². The topological polar surface area (TPSA) is 59.3 Å². The van der Waals surface area contributed by atoms with E-state index in [-0.39, 0.29) is 11.4 Å². The maximum Gasteiger partial charge on any atom is 0.418 e. The number of hydrogen-bond acceptors (Lipinski definition) is 4. The maximum absolute atomic E-state index is 13.2. The molecule has 31 heavy (non-hydrogen) atoms. The third-order valence-electron chi connectivity index (χ3n) is 5.15. The molecule has 0 saturated heterocycles. The van der Waals surface area contributed by atoms with Gasteiger partial charge in [-0.15, -0.1) is 10.2 Å². The Bertz CT molecular complexity index is 1310. The van der Waals surface area contributed by atoms with Crippen LogP contribution in [0.5, 0.6) is 0 Å². The minimum atomic E-state index is -4.55. The van der Waals surface area contributed by atoms with Crippen LogP contribution in [0.2, 0.25) is 0 Å². The molecule has 4 rings (SSSR count). The van der Waals surface area contributed by atoms with Gasteiger partial charge in [0.1, 0.15) is 0 Å². The number of hydrogen-bond donors (Lipinski definition) is 1. The quantitative estimate of drug-likeness (QED) is 0.419. The maximum atomic E-state index is 13.2. The summed E-state index contributed by atoms with van der Waals surface area (Å²) in [7, 11) is 0. The molecule has 0 aliphatic rings. The summed E-state index contributed by atoms with van der Waals surface area (Å²) in [4.78, 5) is 12.4. The number of carbonyl (C=O) groups is 1. The van der Waals surface area contributed by atoms with Gasteiger partial charge in [-0.3, -0.25) is 9.20 Å². The van der Waals surface area contributed by atoms with Crippen LogP contribution < -0.4 is 5.32 Å². The summed E-state index contributed by atoms with van der Waals surface area (Å²) in [5, 5.41) is 12.4. The molecule has 0 radical (unpaired) electrons. The Labute approximate surface area is 180 Å². The summed E-state index contributed by atoms with van der Waals surface area (Å²) in [6.07, 6.45) is -4.55. The highest BCUT2D eigenvalue weighted by molar-refractivity contribution is 7.99. The zero-order chi connectivity index (χ0) is 22.3. The zero-order valence-corrected chi connectivity index (χ0v) is 17.9. The van der Waals surface area contributed by atoms with Gasteiger partial charge in [-0.25, -0.2) is 0 Å². The first-order valence-electron chi connectivity index (χ1n) is 9.50. The minimum Gasteiger partial charge on any atom is -0.325 e. The van der Waals surface area contributed by atoms with Gasteiger partial charge < -0.3 is 5.32 Å². The third-order valence-corrected chi connectivity index (χ3v) is 6.08. The van der Waals surface area contributed by atoms with Crippen molar-refractivity contribution in [2.24, 2.45) is 0 Å². The number of halogens is 3. The van der Waals surface area contributed by atoms with Crippen LogP contribution in [0.3, 0.4) is 0 Å². The van der Waals surface area contributed by atoms with Crippen molar-refractivity contribution in [1.29, 1.82) is 0 Å². The number of thioether (sulfide) groups is 1. The van der Waals surface area contributed by atoms with E-state index in [9.17, 15) is 18.0 Å². The lowest BCUT2D eigenvalue weighted by Gasteiger charge is -2.13. The second-order valence-electron chi connectivity index (χ2n) is 7.29. The Balaban J connectivity index is 1.64. The Morgan fingerprint density at radius 2 is 1.81 bits per heavy atom. The van der Waals surface area contributed by atoms with Crippen LogP contribution in [0.1, 0.15) is 22.3 Å². The molecule has 2 aromatic carbocycles. The van der Waals surface area contributed by atoms with E-state index >= 15 is 0 Å². The van der Waals surface area contributed by atoms with Crippen molar-refractivity contribution in [3.8, 4) is 0 Å². The summed E-state index contributed by atoms with van der Waals surface area (Å²) in [6, 6.07) is 11.0. The van der Waals surface area contributed by atoms with E-state index in [4.69, 9.17) is 0 Å². The summed E-state index contributed by atoms with van der Waals surface area (Å²) in [5.41, 5.74) is 3.63. The highest BCUT2D eigenvalue weighted by Crippen LogP contribution is 2.35. The summed E-state index contributed by atoms with van der Waals surface area (Å²) < 4.78 is 41.4. The molecule has 0 aliphatic heterocycles. The summed E-state index contributed by atoms with van der Waals surface area (Å²) in [6.45, 7) is 5.97. The smallest absolute Gasteiger partial charge is 0.325 e. The van der Waals surface area contributed by atoms with Crippen LogP contribution in [-0.2, 0) is 11.0 Å². The number of aryl methyl sites for hydroxylation is 3. The summed E-state index contributed by atoms with van der Waals surface area (Å²) >= 11 is 1.13. The fourth-order valence-electron chi connectivity index (χ4n) is 3.51. The van der Waals surface area contributed by atoms with Crippen molar-refractivity contribution in [3.63, 3.8) is 0 Å². The first-order valence-corrected chi connectivity index (χ1v) is 10.5. The molecule has 1 N–H and O–H groups in total. The molecule has 0 bridgehead atoms. The van der Waals surface area contributed by atoms with Gasteiger partial charge in [-0.2, -0.15) is 13.2 Å². The van der Waals surface area contributed by atoms with Crippen LogP contribution in [0.15, 0.2) is 47.6 Å². The predicted octanol–water partition coefficient (Wildman–Crippen LogP) is 5.56. The van der Waals surface area contributed by atoms with Crippen LogP contribution in [0, 0.1) is 20.8 Å². The Hall–Kier alpha value is -3.07. The molecule has 0 spiro atoms. The molecule has 2 heterocycles. The van der Waals surface area contributed by atoms with Crippen molar-refractivity contribution >= 4 is 39.9 Å². The van der Waals surface area contributed by atoms with Gasteiger partial charge in [0, 0.05) is 0 Å². The standard InChI is InChI=1S/C22H19F3N4OS/c1-12-8-9-15-10-13(2)20-27-28-21(29(20)19(15)14(12)3)31-11-18(30)26-17-7-5-4-6-16(17)22(23,24)25/h4-10H,11H2,1-3H3,(H,26,30). The molecule has 0 fully saturated rings. The fraction of sp³-hybridized carbons (Fsp3) is 0.227. The molecule has 0 unspecified atom stereocenters. The second kappa shape index (κ2) is 7.88. The van der Waals surface area contributed by atoms with E-state index in [0.29, 0.717) is 10.8 Å². The normalized spacial score (nSPS) is 11.9. The van der Waals surface area contributed by atoms with Crippen molar-refractivity contribution in [1.82, 2.24) is 14.6 Å². The molecule has 4 aromatic rings. The largest absolute Gasteiger partial charge is 0.418 e. The molecule has 9 heteroatoms. The van der Waals surface area contributed by atoms with E-state index in [2.05, 4.69) is 15.5 Å². The number of amides is 1. The molecule has 2 aromatic heterocycles. The average Bonchev–Trinajstić information content (AvgIpc) is 3.13. The van der Waals surface area contributed by atoms with Crippen LogP contribution in [0.25, 0.3) is 16.6 Å². The number of benzene rings is 2. The van der Waals surface area contributed by atoms with E-state index < -0.39 is 17.6 Å². The number of fused-ring (bicyclic) bond motifs is 3. The number of carbonyl (C=O) groups excluding carboxylic acids is 1. The molecule has 0 aliphatic carbocycles. The van der Waals surface area contributed by atoms with Crippen molar-refractivity contribution in [3.05, 3.63) is 64.7 Å². The van der Waals surface area contributed by atoms with Gasteiger partial charge in [0.15, 0.2) is 10.8 Å². The van der Waals surface area contributed by atoms with E-state index in [1.54, 1.807) is 0 Å². The van der Waals surface area contributed by atoms with Gasteiger partial charge >= 0.3 is 6.18 Å². The Kier molecular flexibility index (Phi) is 5.38. The van der Waals surface area contributed by atoms with E-state index in [0.717, 1.165) is 45.4 Å². The number of nitrogens with one attached hydrogen (secondary N) is 1. The molecule has 0 atom stereocenters. The average molecular weight is 444 g/mol. The number of pyridine rings is 1. The van der Waals surface area contributed by atoms with Crippen LogP contribution in [-0.4, -0.2) is 26.3 Å².